The van der Waals surface area contributed by atoms with Crippen molar-refractivity contribution in [1.82, 2.24) is 4.98 Å². The summed E-state index contributed by atoms with van der Waals surface area (Å²) in [5.41, 5.74) is 1.22. The molecule has 0 aliphatic heterocycles. The Balaban J connectivity index is 2.25. The molecule has 0 N–H and O–H groups in total. The van der Waals surface area contributed by atoms with Crippen LogP contribution in [0.15, 0.2) is 48.7 Å². The molecule has 0 saturated heterocycles. The van der Waals surface area contributed by atoms with E-state index in [0.29, 0.717) is 0 Å². The molecule has 0 spiro atoms. The molecule has 2 heterocycles. The number of pyridine rings is 1. The molecule has 0 bridgehead atoms. The molecule has 0 fully saturated rings. The average molecular weight is 249 g/mol. The Bertz CT molecular complexity index is 889. The highest BCUT2D eigenvalue weighted by molar-refractivity contribution is 7.25. The predicted molar refractivity (Wildman–Crippen MR) is 79.4 cm³/mol. The van der Waals surface area contributed by atoms with Crippen molar-refractivity contribution in [1.29, 1.82) is 0 Å². The fourth-order valence-electron chi connectivity index (χ4n) is 2.45. The second-order valence-electron chi connectivity index (χ2n) is 4.66. The first-order valence-corrected chi connectivity index (χ1v) is 6.80. The average Bonchev–Trinajstić information content (AvgIpc) is 2.73. The Labute approximate surface area is 109 Å². The Morgan fingerprint density at radius 1 is 0.944 bits per heavy atom. The largest absolute Gasteiger partial charge is 0.245 e. The van der Waals surface area contributed by atoms with E-state index < -0.39 is 0 Å². The van der Waals surface area contributed by atoms with Crippen molar-refractivity contribution >= 4 is 42.4 Å². The number of aromatic nitrogens is 1. The SMILES string of the molecule is Cc1cnc2sc3cc4ccccc4cc3c2c1. The first-order chi connectivity index (χ1) is 8.81. The maximum Gasteiger partial charge on any atom is 0.124 e. The minimum absolute atomic E-state index is 1.13. The van der Waals surface area contributed by atoms with Gasteiger partial charge >= 0.3 is 0 Å². The van der Waals surface area contributed by atoms with Gasteiger partial charge in [-0.25, -0.2) is 4.98 Å². The molecule has 4 rings (SSSR count). The molecule has 2 aromatic carbocycles. The van der Waals surface area contributed by atoms with Crippen molar-refractivity contribution < 1.29 is 0 Å². The number of aryl methyl sites for hydroxylation is 1. The summed E-state index contributed by atoms with van der Waals surface area (Å²) in [4.78, 5) is 5.66. The van der Waals surface area contributed by atoms with Crippen molar-refractivity contribution in [3.63, 3.8) is 0 Å². The van der Waals surface area contributed by atoms with Crippen molar-refractivity contribution in [3.05, 3.63) is 54.2 Å². The summed E-state index contributed by atoms with van der Waals surface area (Å²) < 4.78 is 1.32. The van der Waals surface area contributed by atoms with Crippen LogP contribution in [0.2, 0.25) is 0 Å². The maximum atomic E-state index is 4.53. The molecule has 0 unspecified atom stereocenters. The lowest BCUT2D eigenvalue weighted by Gasteiger charge is -1.98. The van der Waals surface area contributed by atoms with Crippen LogP contribution in [0.3, 0.4) is 0 Å². The molecule has 2 aromatic heterocycles. The lowest BCUT2D eigenvalue weighted by atomic mass is 10.1. The van der Waals surface area contributed by atoms with Gasteiger partial charge in [0.2, 0.25) is 0 Å². The summed E-state index contributed by atoms with van der Waals surface area (Å²) in [6, 6.07) is 15.3. The normalized spacial score (nSPS) is 11.6. The number of thiophene rings is 1. The van der Waals surface area contributed by atoms with Crippen molar-refractivity contribution in [2.75, 3.05) is 0 Å². The van der Waals surface area contributed by atoms with Crippen LogP contribution in [0.1, 0.15) is 5.56 Å². The van der Waals surface area contributed by atoms with Crippen molar-refractivity contribution in [2.45, 2.75) is 6.92 Å². The Hall–Kier alpha value is -1.93. The van der Waals surface area contributed by atoms with Crippen LogP contribution in [0.5, 0.6) is 0 Å². The number of rotatable bonds is 0. The van der Waals surface area contributed by atoms with Crippen LogP contribution < -0.4 is 0 Å². The van der Waals surface area contributed by atoms with Gasteiger partial charge in [-0.05, 0) is 41.5 Å². The Morgan fingerprint density at radius 2 is 1.72 bits per heavy atom. The summed E-state index contributed by atoms with van der Waals surface area (Å²) >= 11 is 1.77. The summed E-state index contributed by atoms with van der Waals surface area (Å²) in [5, 5.41) is 5.20. The zero-order chi connectivity index (χ0) is 12.1. The monoisotopic (exact) mass is 249 g/mol. The van der Waals surface area contributed by atoms with Gasteiger partial charge in [-0.3, -0.25) is 0 Å². The molecule has 0 radical (unpaired) electrons. The highest BCUT2D eigenvalue weighted by Crippen LogP contribution is 2.35. The van der Waals surface area contributed by atoms with Crippen LogP contribution in [0, 0.1) is 6.92 Å². The Kier molecular flexibility index (Phi) is 1.97. The second kappa shape index (κ2) is 3.53. The van der Waals surface area contributed by atoms with E-state index in [4.69, 9.17) is 0 Å². The number of fused-ring (bicyclic) bond motifs is 4. The quantitative estimate of drug-likeness (QED) is 0.431. The topological polar surface area (TPSA) is 12.9 Å². The van der Waals surface area contributed by atoms with Gasteiger partial charge in [0.15, 0.2) is 0 Å². The summed E-state index contributed by atoms with van der Waals surface area (Å²) in [6.45, 7) is 2.09. The lowest BCUT2D eigenvalue weighted by Crippen LogP contribution is -1.76. The van der Waals surface area contributed by atoms with Gasteiger partial charge in [0.05, 0.1) is 0 Å². The summed E-state index contributed by atoms with van der Waals surface area (Å²) in [7, 11) is 0. The van der Waals surface area contributed by atoms with Gasteiger partial charge in [0, 0.05) is 21.7 Å². The number of hydrogen-bond donors (Lipinski definition) is 0. The van der Waals surface area contributed by atoms with E-state index >= 15 is 0 Å². The summed E-state index contributed by atoms with van der Waals surface area (Å²) in [6.07, 6.45) is 1.94. The summed E-state index contributed by atoms with van der Waals surface area (Å²) in [5.74, 6) is 0. The van der Waals surface area contributed by atoms with Gasteiger partial charge in [0.25, 0.3) is 0 Å². The molecule has 0 aliphatic carbocycles. The van der Waals surface area contributed by atoms with Crippen LogP contribution in [0.4, 0.5) is 0 Å². The molecule has 0 saturated carbocycles. The van der Waals surface area contributed by atoms with E-state index in [1.807, 2.05) is 6.20 Å². The third-order valence-electron chi connectivity index (χ3n) is 3.33. The van der Waals surface area contributed by atoms with E-state index in [1.54, 1.807) is 11.3 Å². The minimum atomic E-state index is 1.13. The van der Waals surface area contributed by atoms with E-state index in [1.165, 1.54) is 31.8 Å². The van der Waals surface area contributed by atoms with Gasteiger partial charge in [-0.15, -0.1) is 11.3 Å². The standard InChI is InChI=1S/C16H11NS/c1-10-6-14-13-7-11-4-2-3-5-12(11)8-15(13)18-16(14)17-9-10/h2-9H,1H3. The molecule has 0 aliphatic rings. The highest BCUT2D eigenvalue weighted by atomic mass is 32.1. The molecule has 1 nitrogen and oxygen atoms in total. The number of benzene rings is 2. The van der Waals surface area contributed by atoms with Crippen LogP contribution >= 0.6 is 11.3 Å². The zero-order valence-corrected chi connectivity index (χ0v) is 10.8. The third kappa shape index (κ3) is 1.36. The van der Waals surface area contributed by atoms with Crippen LogP contribution in [-0.4, -0.2) is 4.98 Å². The first kappa shape index (κ1) is 10.0. The molecule has 0 amide bonds. The van der Waals surface area contributed by atoms with E-state index in [0.717, 1.165) is 4.83 Å². The van der Waals surface area contributed by atoms with E-state index in [2.05, 4.69) is 54.4 Å². The van der Waals surface area contributed by atoms with Gasteiger partial charge in [-0.2, -0.15) is 0 Å². The second-order valence-corrected chi connectivity index (χ2v) is 5.69. The minimum Gasteiger partial charge on any atom is -0.245 e. The molecule has 86 valence electrons. The Morgan fingerprint density at radius 3 is 2.56 bits per heavy atom. The number of hydrogen-bond acceptors (Lipinski definition) is 2. The number of nitrogens with zero attached hydrogens (tertiary/aromatic N) is 1. The highest BCUT2D eigenvalue weighted by Gasteiger charge is 2.07. The van der Waals surface area contributed by atoms with Gasteiger partial charge in [-0.1, -0.05) is 24.3 Å². The van der Waals surface area contributed by atoms with Gasteiger partial charge in [0.1, 0.15) is 4.83 Å². The van der Waals surface area contributed by atoms with Gasteiger partial charge < -0.3 is 0 Å². The third-order valence-corrected chi connectivity index (χ3v) is 4.41. The molecule has 4 aromatic rings. The molecule has 2 heteroatoms. The van der Waals surface area contributed by atoms with E-state index in [9.17, 15) is 0 Å². The fraction of sp³-hybridized carbons (Fsp3) is 0.0625. The molecule has 0 atom stereocenters. The van der Waals surface area contributed by atoms with Crippen LogP contribution in [-0.2, 0) is 0 Å². The zero-order valence-electron chi connectivity index (χ0n) is 9.97. The first-order valence-electron chi connectivity index (χ1n) is 5.99. The van der Waals surface area contributed by atoms with Crippen molar-refractivity contribution in [3.8, 4) is 0 Å². The maximum absolute atomic E-state index is 4.53. The smallest absolute Gasteiger partial charge is 0.124 e. The molecule has 18 heavy (non-hydrogen) atoms. The van der Waals surface area contributed by atoms with Crippen LogP contribution in [0.25, 0.3) is 31.1 Å². The molecular formula is C16H11NS. The van der Waals surface area contributed by atoms with E-state index in [-0.39, 0.29) is 0 Å². The van der Waals surface area contributed by atoms with Crippen molar-refractivity contribution in [2.24, 2.45) is 0 Å². The molecular weight excluding hydrogens is 238 g/mol. The fourth-order valence-corrected chi connectivity index (χ4v) is 3.51. The lowest BCUT2D eigenvalue weighted by molar-refractivity contribution is 1.36. The predicted octanol–water partition coefficient (Wildman–Crippen LogP) is 4.91.